The Balaban J connectivity index is 2.41. The normalized spacial score (nSPS) is 11.6. The molecule has 0 saturated carbocycles. The van der Waals surface area contributed by atoms with Crippen LogP contribution in [0, 0.1) is 0 Å². The number of H-pyrrole nitrogens is 1. The molecule has 2 aromatic rings. The number of aromatic nitrogens is 2. The van der Waals surface area contributed by atoms with Crippen molar-refractivity contribution >= 4 is 29.0 Å². The largest absolute Gasteiger partial charge is 0.478 e. The smallest absolute Gasteiger partial charge is 0.337 e. The third-order valence-electron chi connectivity index (χ3n) is 1.84. The van der Waals surface area contributed by atoms with Crippen molar-refractivity contribution in [3.63, 3.8) is 0 Å². The lowest BCUT2D eigenvalue weighted by molar-refractivity contribution is -0.130. The lowest BCUT2D eigenvalue weighted by Gasteiger charge is -1.97. The van der Waals surface area contributed by atoms with Gasteiger partial charge in [0.05, 0.1) is 11.3 Å². The van der Waals surface area contributed by atoms with Crippen molar-refractivity contribution in [2.24, 2.45) is 0 Å². The maximum absolute atomic E-state index is 11.0. The van der Waals surface area contributed by atoms with Gasteiger partial charge in [-0.1, -0.05) is 6.07 Å². The summed E-state index contributed by atoms with van der Waals surface area (Å²) < 4.78 is 0. The lowest BCUT2D eigenvalue weighted by Crippen LogP contribution is -1.97. The number of hydrogen-bond donors (Lipinski definition) is 2. The van der Waals surface area contributed by atoms with E-state index >= 15 is 0 Å². The van der Waals surface area contributed by atoms with Crippen molar-refractivity contribution in [3.05, 3.63) is 40.3 Å². The Morgan fingerprint density at radius 2 is 2.40 bits per heavy atom. The van der Waals surface area contributed by atoms with Gasteiger partial charge in [0.1, 0.15) is 0 Å². The van der Waals surface area contributed by atoms with Gasteiger partial charge in [0.15, 0.2) is 0 Å². The van der Waals surface area contributed by atoms with Gasteiger partial charge in [0.2, 0.25) is 0 Å². The van der Waals surface area contributed by atoms with Gasteiger partial charge in [-0.15, -0.1) is 11.3 Å². The van der Waals surface area contributed by atoms with E-state index in [2.05, 4.69) is 10.2 Å². The number of rotatable bonds is 3. The Bertz CT molecular complexity index is 472. The highest BCUT2D eigenvalue weighted by Gasteiger charge is 2.11. The van der Waals surface area contributed by atoms with Crippen LogP contribution >= 0.6 is 11.3 Å². The Kier molecular flexibility index (Phi) is 2.64. The molecule has 0 aliphatic heterocycles. The SMILES string of the molecule is O=C(O)/C(=C/c1ccn[nH]1)c1cccs1. The van der Waals surface area contributed by atoms with Gasteiger partial charge in [0, 0.05) is 11.1 Å². The molecular formula is C10H8N2O2S. The molecule has 0 saturated heterocycles. The highest BCUT2D eigenvalue weighted by molar-refractivity contribution is 7.11. The second kappa shape index (κ2) is 4.10. The molecule has 2 heterocycles. The van der Waals surface area contributed by atoms with Gasteiger partial charge in [-0.25, -0.2) is 4.79 Å². The number of thiophene rings is 1. The van der Waals surface area contributed by atoms with Crippen molar-refractivity contribution in [1.29, 1.82) is 0 Å². The summed E-state index contributed by atoms with van der Waals surface area (Å²) >= 11 is 1.40. The van der Waals surface area contributed by atoms with E-state index in [-0.39, 0.29) is 5.57 Å². The summed E-state index contributed by atoms with van der Waals surface area (Å²) in [7, 11) is 0. The average Bonchev–Trinajstić information content (AvgIpc) is 2.87. The van der Waals surface area contributed by atoms with E-state index in [0.717, 1.165) is 4.88 Å². The Labute approximate surface area is 89.9 Å². The molecule has 0 bridgehead atoms. The number of aliphatic carboxylic acids is 1. The molecule has 0 fully saturated rings. The molecular weight excluding hydrogens is 212 g/mol. The first-order valence-corrected chi connectivity index (χ1v) is 5.13. The predicted octanol–water partition coefficient (Wildman–Crippen LogP) is 2.10. The molecule has 0 aromatic carbocycles. The minimum absolute atomic E-state index is 0.272. The summed E-state index contributed by atoms with van der Waals surface area (Å²) in [5.74, 6) is -0.938. The molecule has 76 valence electrons. The van der Waals surface area contributed by atoms with Crippen LogP contribution in [0.15, 0.2) is 29.8 Å². The highest BCUT2D eigenvalue weighted by atomic mass is 32.1. The quantitative estimate of drug-likeness (QED) is 0.778. The molecule has 2 aromatic heterocycles. The monoisotopic (exact) mass is 220 g/mol. The van der Waals surface area contributed by atoms with Crippen LogP contribution in [-0.2, 0) is 4.79 Å². The predicted molar refractivity (Wildman–Crippen MR) is 58.4 cm³/mol. The molecule has 0 aliphatic rings. The lowest BCUT2D eigenvalue weighted by atomic mass is 10.2. The van der Waals surface area contributed by atoms with Crippen molar-refractivity contribution in [2.75, 3.05) is 0 Å². The molecule has 15 heavy (non-hydrogen) atoms. The van der Waals surface area contributed by atoms with Crippen molar-refractivity contribution in [3.8, 4) is 0 Å². The van der Waals surface area contributed by atoms with Crippen molar-refractivity contribution in [1.82, 2.24) is 10.2 Å². The van der Waals surface area contributed by atoms with Crippen LogP contribution in [0.2, 0.25) is 0 Å². The maximum Gasteiger partial charge on any atom is 0.337 e. The standard InChI is InChI=1S/C10H8N2O2S/c13-10(14)8(9-2-1-5-15-9)6-7-3-4-11-12-7/h1-6H,(H,11,12)(H,13,14)/b8-6+. The van der Waals surface area contributed by atoms with Gasteiger partial charge in [-0.05, 0) is 23.6 Å². The maximum atomic E-state index is 11.0. The van der Waals surface area contributed by atoms with E-state index < -0.39 is 5.97 Å². The van der Waals surface area contributed by atoms with Crippen LogP contribution in [-0.4, -0.2) is 21.3 Å². The molecule has 5 heteroatoms. The van der Waals surface area contributed by atoms with E-state index in [4.69, 9.17) is 5.11 Å². The van der Waals surface area contributed by atoms with E-state index in [0.29, 0.717) is 5.69 Å². The van der Waals surface area contributed by atoms with E-state index in [9.17, 15) is 4.79 Å². The molecule has 0 aliphatic carbocycles. The summed E-state index contributed by atoms with van der Waals surface area (Å²) in [5, 5.41) is 17.4. The second-order valence-electron chi connectivity index (χ2n) is 2.85. The van der Waals surface area contributed by atoms with Crippen LogP contribution in [0.25, 0.3) is 11.6 Å². The van der Waals surface area contributed by atoms with Crippen LogP contribution in [0.4, 0.5) is 0 Å². The summed E-state index contributed by atoms with van der Waals surface area (Å²) in [6.45, 7) is 0. The van der Waals surface area contributed by atoms with E-state index in [1.165, 1.54) is 11.3 Å². The van der Waals surface area contributed by atoms with E-state index in [1.807, 2.05) is 11.4 Å². The van der Waals surface area contributed by atoms with Gasteiger partial charge >= 0.3 is 5.97 Å². The molecule has 0 atom stereocenters. The molecule has 0 unspecified atom stereocenters. The van der Waals surface area contributed by atoms with Crippen LogP contribution < -0.4 is 0 Å². The molecule has 2 rings (SSSR count). The third kappa shape index (κ3) is 2.13. The number of hydrogen-bond acceptors (Lipinski definition) is 3. The van der Waals surface area contributed by atoms with Gasteiger partial charge in [-0.2, -0.15) is 5.10 Å². The molecule has 0 radical (unpaired) electrons. The minimum atomic E-state index is -0.938. The topological polar surface area (TPSA) is 66.0 Å². The number of aromatic amines is 1. The van der Waals surface area contributed by atoms with Gasteiger partial charge < -0.3 is 5.11 Å². The molecule has 0 amide bonds. The first-order chi connectivity index (χ1) is 7.27. The highest BCUT2D eigenvalue weighted by Crippen LogP contribution is 2.22. The molecule has 2 N–H and O–H groups in total. The number of nitrogens with zero attached hydrogens (tertiary/aromatic N) is 1. The van der Waals surface area contributed by atoms with Gasteiger partial charge in [0.25, 0.3) is 0 Å². The fraction of sp³-hybridized carbons (Fsp3) is 0. The first-order valence-electron chi connectivity index (χ1n) is 4.25. The zero-order valence-electron chi connectivity index (χ0n) is 7.68. The zero-order valence-corrected chi connectivity index (χ0v) is 8.49. The molecule has 4 nitrogen and oxygen atoms in total. The minimum Gasteiger partial charge on any atom is -0.478 e. The Morgan fingerprint density at radius 1 is 1.53 bits per heavy atom. The van der Waals surface area contributed by atoms with Crippen LogP contribution in [0.5, 0.6) is 0 Å². The first kappa shape index (κ1) is 9.67. The number of carboxylic acids is 1. The second-order valence-corrected chi connectivity index (χ2v) is 3.80. The fourth-order valence-electron chi connectivity index (χ4n) is 1.17. The number of carboxylic acid groups (broad SMARTS) is 1. The summed E-state index contributed by atoms with van der Waals surface area (Å²) in [5.41, 5.74) is 0.954. The average molecular weight is 220 g/mol. The summed E-state index contributed by atoms with van der Waals surface area (Å²) in [4.78, 5) is 11.8. The zero-order chi connectivity index (χ0) is 10.7. The van der Waals surface area contributed by atoms with E-state index in [1.54, 1.807) is 24.4 Å². The van der Waals surface area contributed by atoms with Crippen molar-refractivity contribution < 1.29 is 9.90 Å². The number of carbonyl (C=O) groups is 1. The fourth-order valence-corrected chi connectivity index (χ4v) is 1.91. The third-order valence-corrected chi connectivity index (χ3v) is 2.74. The van der Waals surface area contributed by atoms with Crippen molar-refractivity contribution in [2.45, 2.75) is 0 Å². The molecule has 0 spiro atoms. The number of nitrogens with one attached hydrogen (secondary N) is 1. The Morgan fingerprint density at radius 3 is 2.93 bits per heavy atom. The van der Waals surface area contributed by atoms with Gasteiger partial charge in [-0.3, -0.25) is 5.10 Å². The Hall–Kier alpha value is -1.88. The summed E-state index contributed by atoms with van der Waals surface area (Å²) in [6, 6.07) is 5.32. The van der Waals surface area contributed by atoms with Crippen LogP contribution in [0.3, 0.4) is 0 Å². The summed E-state index contributed by atoms with van der Waals surface area (Å²) in [6.07, 6.45) is 3.15. The van der Waals surface area contributed by atoms with Crippen LogP contribution in [0.1, 0.15) is 10.6 Å².